The van der Waals surface area contributed by atoms with E-state index in [4.69, 9.17) is 5.73 Å². The molecule has 2 N–H and O–H groups in total. The zero-order valence-electron chi connectivity index (χ0n) is 9.81. The van der Waals surface area contributed by atoms with Gasteiger partial charge >= 0.3 is 0 Å². The van der Waals surface area contributed by atoms with Gasteiger partial charge in [-0.15, -0.1) is 0 Å². The minimum Gasteiger partial charge on any atom is -0.330 e. The summed E-state index contributed by atoms with van der Waals surface area (Å²) in [6, 6.07) is 4.21. The molecule has 1 saturated heterocycles. The second-order valence-corrected chi connectivity index (χ2v) is 4.68. The number of pyridine rings is 1. The first-order valence-electron chi connectivity index (χ1n) is 6.20. The van der Waals surface area contributed by atoms with E-state index in [1.54, 1.807) is 0 Å². The molecule has 16 heavy (non-hydrogen) atoms. The fraction of sp³-hybridized carbons (Fsp3) is 0.615. The number of nitrogens with two attached hydrogens (primary N) is 1. The van der Waals surface area contributed by atoms with Crippen molar-refractivity contribution in [1.29, 1.82) is 0 Å². The highest BCUT2D eigenvalue weighted by atomic mass is 15.1. The minimum atomic E-state index is 0.806. The molecule has 2 rings (SSSR count). The average molecular weight is 219 g/mol. The molecule has 0 spiro atoms. The highest BCUT2D eigenvalue weighted by Crippen LogP contribution is 2.20. The van der Waals surface area contributed by atoms with Gasteiger partial charge in [0.15, 0.2) is 0 Å². The van der Waals surface area contributed by atoms with Gasteiger partial charge in [-0.2, -0.15) is 0 Å². The maximum Gasteiger partial charge on any atom is 0.0271 e. The molecule has 0 amide bonds. The van der Waals surface area contributed by atoms with Crippen LogP contribution >= 0.6 is 0 Å². The van der Waals surface area contributed by atoms with Crippen molar-refractivity contribution in [2.24, 2.45) is 11.7 Å². The fourth-order valence-corrected chi connectivity index (χ4v) is 2.51. The first-order valence-corrected chi connectivity index (χ1v) is 6.20. The molecule has 3 nitrogen and oxygen atoms in total. The number of nitrogens with zero attached hydrogens (tertiary/aromatic N) is 2. The molecule has 1 aliphatic rings. The number of aromatic nitrogens is 1. The summed E-state index contributed by atoms with van der Waals surface area (Å²) in [4.78, 5) is 6.59. The van der Waals surface area contributed by atoms with Gasteiger partial charge in [0.05, 0.1) is 0 Å². The summed E-state index contributed by atoms with van der Waals surface area (Å²) in [5, 5.41) is 0. The molecular formula is C13H21N3. The standard InChI is InChI=1S/C13H21N3/c14-6-3-12-2-1-9-16(10-12)11-13-4-7-15-8-5-13/h4-5,7-8,12H,1-3,6,9-11,14H2. The molecule has 1 fully saturated rings. The lowest BCUT2D eigenvalue weighted by Crippen LogP contribution is -2.35. The van der Waals surface area contributed by atoms with E-state index in [1.165, 1.54) is 37.9 Å². The lowest BCUT2D eigenvalue weighted by Gasteiger charge is -2.32. The highest BCUT2D eigenvalue weighted by Gasteiger charge is 2.18. The van der Waals surface area contributed by atoms with Crippen LogP contribution in [0.4, 0.5) is 0 Å². The zero-order chi connectivity index (χ0) is 11.2. The van der Waals surface area contributed by atoms with E-state index in [0.29, 0.717) is 0 Å². The van der Waals surface area contributed by atoms with Crippen LogP contribution in [0.1, 0.15) is 24.8 Å². The van der Waals surface area contributed by atoms with Crippen LogP contribution in [0, 0.1) is 5.92 Å². The van der Waals surface area contributed by atoms with Gasteiger partial charge < -0.3 is 5.73 Å². The van der Waals surface area contributed by atoms with Gasteiger partial charge in [-0.05, 0) is 56.0 Å². The summed E-state index contributed by atoms with van der Waals surface area (Å²) in [6.45, 7) is 4.32. The summed E-state index contributed by atoms with van der Waals surface area (Å²) in [7, 11) is 0. The van der Waals surface area contributed by atoms with Gasteiger partial charge in [0.1, 0.15) is 0 Å². The SMILES string of the molecule is NCCC1CCCN(Cc2ccncc2)C1. The summed E-state index contributed by atoms with van der Waals surface area (Å²) in [5.74, 6) is 0.806. The van der Waals surface area contributed by atoms with E-state index < -0.39 is 0 Å². The summed E-state index contributed by atoms with van der Waals surface area (Å²) < 4.78 is 0. The molecule has 1 unspecified atom stereocenters. The van der Waals surface area contributed by atoms with Crippen LogP contribution in [-0.2, 0) is 6.54 Å². The van der Waals surface area contributed by atoms with Gasteiger partial charge in [0, 0.05) is 25.5 Å². The van der Waals surface area contributed by atoms with Crippen molar-refractivity contribution >= 4 is 0 Å². The van der Waals surface area contributed by atoms with Crippen LogP contribution in [0.2, 0.25) is 0 Å². The van der Waals surface area contributed by atoms with E-state index in [1.807, 2.05) is 12.4 Å². The Morgan fingerprint density at radius 1 is 1.38 bits per heavy atom. The fourth-order valence-electron chi connectivity index (χ4n) is 2.51. The molecule has 0 bridgehead atoms. The van der Waals surface area contributed by atoms with E-state index in [-0.39, 0.29) is 0 Å². The number of likely N-dealkylation sites (tertiary alicyclic amines) is 1. The van der Waals surface area contributed by atoms with Crippen molar-refractivity contribution in [3.63, 3.8) is 0 Å². The van der Waals surface area contributed by atoms with E-state index >= 15 is 0 Å². The maximum atomic E-state index is 5.63. The highest BCUT2D eigenvalue weighted by molar-refractivity contribution is 5.09. The van der Waals surface area contributed by atoms with Crippen molar-refractivity contribution in [2.75, 3.05) is 19.6 Å². The number of rotatable bonds is 4. The number of piperidine rings is 1. The maximum absolute atomic E-state index is 5.63. The van der Waals surface area contributed by atoms with Crippen molar-refractivity contribution in [3.8, 4) is 0 Å². The van der Waals surface area contributed by atoms with Crippen LogP contribution in [0.5, 0.6) is 0 Å². The summed E-state index contributed by atoms with van der Waals surface area (Å²) in [6.07, 6.45) is 7.58. The van der Waals surface area contributed by atoms with Gasteiger partial charge in [-0.1, -0.05) is 0 Å². The Labute approximate surface area is 97.7 Å². The van der Waals surface area contributed by atoms with Crippen molar-refractivity contribution in [3.05, 3.63) is 30.1 Å². The molecule has 2 heterocycles. The molecule has 1 atom stereocenters. The van der Waals surface area contributed by atoms with Gasteiger partial charge in [-0.3, -0.25) is 9.88 Å². The Hall–Kier alpha value is -0.930. The Morgan fingerprint density at radius 2 is 2.19 bits per heavy atom. The molecule has 1 aliphatic heterocycles. The minimum absolute atomic E-state index is 0.806. The second kappa shape index (κ2) is 5.97. The molecular weight excluding hydrogens is 198 g/mol. The molecule has 1 aromatic heterocycles. The molecule has 3 heteroatoms. The Morgan fingerprint density at radius 3 is 2.94 bits per heavy atom. The van der Waals surface area contributed by atoms with Gasteiger partial charge in [0.25, 0.3) is 0 Å². The monoisotopic (exact) mass is 219 g/mol. The smallest absolute Gasteiger partial charge is 0.0271 e. The third-order valence-corrected chi connectivity index (χ3v) is 3.33. The van der Waals surface area contributed by atoms with Crippen LogP contribution in [0.25, 0.3) is 0 Å². The van der Waals surface area contributed by atoms with Crippen LogP contribution in [0.15, 0.2) is 24.5 Å². The largest absolute Gasteiger partial charge is 0.330 e. The molecule has 0 radical (unpaired) electrons. The lowest BCUT2D eigenvalue weighted by molar-refractivity contribution is 0.163. The van der Waals surface area contributed by atoms with E-state index in [9.17, 15) is 0 Å². The van der Waals surface area contributed by atoms with Gasteiger partial charge in [-0.25, -0.2) is 0 Å². The number of hydrogen-bond donors (Lipinski definition) is 1. The first kappa shape index (κ1) is 11.6. The average Bonchev–Trinajstić information content (AvgIpc) is 2.31. The molecule has 88 valence electrons. The number of hydrogen-bond acceptors (Lipinski definition) is 3. The predicted molar refractivity (Wildman–Crippen MR) is 65.9 cm³/mol. The van der Waals surface area contributed by atoms with Crippen LogP contribution in [-0.4, -0.2) is 29.5 Å². The predicted octanol–water partition coefficient (Wildman–Crippen LogP) is 1.64. The molecule has 0 saturated carbocycles. The Kier molecular flexibility index (Phi) is 4.31. The second-order valence-electron chi connectivity index (χ2n) is 4.68. The van der Waals surface area contributed by atoms with E-state index in [0.717, 1.165) is 19.0 Å². The topological polar surface area (TPSA) is 42.1 Å². The first-order chi connectivity index (χ1) is 7.88. The third kappa shape index (κ3) is 3.29. The van der Waals surface area contributed by atoms with Crippen molar-refractivity contribution in [1.82, 2.24) is 9.88 Å². The van der Waals surface area contributed by atoms with Crippen LogP contribution in [0.3, 0.4) is 0 Å². The quantitative estimate of drug-likeness (QED) is 0.837. The van der Waals surface area contributed by atoms with Crippen molar-refractivity contribution in [2.45, 2.75) is 25.8 Å². The van der Waals surface area contributed by atoms with Gasteiger partial charge in [0.2, 0.25) is 0 Å². The molecule has 1 aromatic rings. The zero-order valence-corrected chi connectivity index (χ0v) is 9.81. The van der Waals surface area contributed by atoms with Crippen molar-refractivity contribution < 1.29 is 0 Å². The normalized spacial score (nSPS) is 22.2. The Bertz CT molecular complexity index is 297. The Balaban J connectivity index is 1.85. The molecule has 0 aromatic carbocycles. The van der Waals surface area contributed by atoms with E-state index in [2.05, 4.69) is 22.0 Å². The lowest BCUT2D eigenvalue weighted by atomic mass is 9.94. The molecule has 0 aliphatic carbocycles. The third-order valence-electron chi connectivity index (χ3n) is 3.33. The summed E-state index contributed by atoms with van der Waals surface area (Å²) in [5.41, 5.74) is 6.99. The van der Waals surface area contributed by atoms with Crippen LogP contribution < -0.4 is 5.73 Å². The summed E-state index contributed by atoms with van der Waals surface area (Å²) >= 11 is 0.